The number of ether oxygens (including phenoxy) is 1. The maximum absolute atomic E-state index is 12.3. The molecule has 1 atom stereocenters. The average Bonchev–Trinajstić information content (AvgIpc) is 3.05. The molecule has 0 saturated heterocycles. The minimum Gasteiger partial charge on any atom is -0.469 e. The summed E-state index contributed by atoms with van der Waals surface area (Å²) in [5.41, 5.74) is -0.390. The molecular weight excluding hydrogens is 218 g/mol. The summed E-state index contributed by atoms with van der Waals surface area (Å²) in [6.45, 7) is 8.00. The highest BCUT2D eigenvalue weighted by molar-refractivity contribution is 5.83. The van der Waals surface area contributed by atoms with Crippen molar-refractivity contribution in [1.82, 2.24) is 4.90 Å². The van der Waals surface area contributed by atoms with E-state index in [0.717, 1.165) is 12.8 Å². The highest BCUT2D eigenvalue weighted by Crippen LogP contribution is 2.31. The van der Waals surface area contributed by atoms with Crippen molar-refractivity contribution in [2.45, 2.75) is 46.6 Å². The molecule has 0 radical (unpaired) electrons. The Kier molecular flexibility index (Phi) is 4.17. The Bertz CT molecular complexity index is 302. The van der Waals surface area contributed by atoms with Crippen molar-refractivity contribution < 1.29 is 14.3 Å². The van der Waals surface area contributed by atoms with Gasteiger partial charge in [0.1, 0.15) is 0 Å². The lowest BCUT2D eigenvalue weighted by Crippen LogP contribution is -2.44. The van der Waals surface area contributed by atoms with E-state index in [1.807, 2.05) is 25.7 Å². The highest BCUT2D eigenvalue weighted by atomic mass is 16.5. The topological polar surface area (TPSA) is 46.6 Å². The van der Waals surface area contributed by atoms with Crippen LogP contribution in [0, 0.1) is 11.3 Å². The largest absolute Gasteiger partial charge is 0.469 e. The zero-order valence-electron chi connectivity index (χ0n) is 11.4. The van der Waals surface area contributed by atoms with Crippen LogP contribution in [0.2, 0.25) is 0 Å². The van der Waals surface area contributed by atoms with Crippen molar-refractivity contribution in [3.05, 3.63) is 0 Å². The van der Waals surface area contributed by atoms with E-state index in [4.69, 9.17) is 4.74 Å². The summed E-state index contributed by atoms with van der Waals surface area (Å²) in [6.07, 6.45) is 2.10. The van der Waals surface area contributed by atoms with E-state index in [0.29, 0.717) is 12.6 Å². The number of amides is 1. The summed E-state index contributed by atoms with van der Waals surface area (Å²) in [5.74, 6) is -0.389. The molecule has 1 amide bonds. The number of esters is 1. The number of carbonyl (C=O) groups is 2. The Morgan fingerprint density at radius 2 is 1.88 bits per heavy atom. The van der Waals surface area contributed by atoms with Gasteiger partial charge < -0.3 is 9.64 Å². The number of hydrogen-bond acceptors (Lipinski definition) is 3. The minimum absolute atomic E-state index is 0.121. The Labute approximate surface area is 103 Å². The third kappa shape index (κ3) is 3.72. The van der Waals surface area contributed by atoms with Gasteiger partial charge in [0, 0.05) is 18.0 Å². The maximum atomic E-state index is 12.3. The molecule has 0 aromatic carbocycles. The second kappa shape index (κ2) is 5.07. The molecule has 4 heteroatoms. The number of methoxy groups -OCH3 is 1. The van der Waals surface area contributed by atoms with Gasteiger partial charge in [-0.05, 0) is 12.8 Å². The second-order valence-electron chi connectivity index (χ2n) is 5.86. The third-order valence-corrected chi connectivity index (χ3v) is 2.96. The average molecular weight is 241 g/mol. The molecule has 98 valence electrons. The van der Waals surface area contributed by atoms with Crippen molar-refractivity contribution in [2.24, 2.45) is 11.3 Å². The molecule has 17 heavy (non-hydrogen) atoms. The molecule has 4 nitrogen and oxygen atoms in total. The van der Waals surface area contributed by atoms with Crippen LogP contribution in [-0.4, -0.2) is 36.5 Å². The monoisotopic (exact) mass is 241 g/mol. The number of hydrogen-bond donors (Lipinski definition) is 0. The smallest absolute Gasteiger partial charge is 0.310 e. The fourth-order valence-corrected chi connectivity index (χ4v) is 1.79. The summed E-state index contributed by atoms with van der Waals surface area (Å²) >= 11 is 0. The Hall–Kier alpha value is -1.06. The van der Waals surface area contributed by atoms with Crippen LogP contribution in [0.4, 0.5) is 0 Å². The van der Waals surface area contributed by atoms with Crippen molar-refractivity contribution in [1.29, 1.82) is 0 Å². The highest BCUT2D eigenvalue weighted by Gasteiger charge is 2.38. The van der Waals surface area contributed by atoms with Crippen LogP contribution in [0.5, 0.6) is 0 Å². The van der Waals surface area contributed by atoms with Gasteiger partial charge in [0.25, 0.3) is 0 Å². The predicted molar refractivity (Wildman–Crippen MR) is 65.4 cm³/mol. The molecule has 1 saturated carbocycles. The molecule has 1 fully saturated rings. The fraction of sp³-hybridized carbons (Fsp3) is 0.846. The van der Waals surface area contributed by atoms with Crippen molar-refractivity contribution in [3.8, 4) is 0 Å². The van der Waals surface area contributed by atoms with Gasteiger partial charge in [0.05, 0.1) is 13.0 Å². The molecule has 1 aliphatic carbocycles. The SMILES string of the molecule is COC(=O)C(C)CN(C(=O)C(C)(C)C)C1CC1. The predicted octanol–water partition coefficient (Wildman–Crippen LogP) is 1.83. The second-order valence-corrected chi connectivity index (χ2v) is 5.86. The van der Waals surface area contributed by atoms with Crippen LogP contribution in [0.15, 0.2) is 0 Å². The van der Waals surface area contributed by atoms with Gasteiger partial charge in [-0.25, -0.2) is 0 Å². The molecule has 1 rings (SSSR count). The quantitative estimate of drug-likeness (QED) is 0.705. The summed E-state index contributed by atoms with van der Waals surface area (Å²) in [4.78, 5) is 25.5. The fourth-order valence-electron chi connectivity index (χ4n) is 1.79. The van der Waals surface area contributed by atoms with Gasteiger partial charge in [-0.2, -0.15) is 0 Å². The van der Waals surface area contributed by atoms with Crippen molar-refractivity contribution in [2.75, 3.05) is 13.7 Å². The summed E-state index contributed by atoms with van der Waals surface area (Å²) in [6, 6.07) is 0.328. The van der Waals surface area contributed by atoms with Crippen molar-refractivity contribution in [3.63, 3.8) is 0 Å². The van der Waals surface area contributed by atoms with Crippen molar-refractivity contribution >= 4 is 11.9 Å². The van der Waals surface area contributed by atoms with E-state index >= 15 is 0 Å². The lowest BCUT2D eigenvalue weighted by molar-refractivity contribution is -0.148. The molecule has 0 heterocycles. The van der Waals surface area contributed by atoms with E-state index in [9.17, 15) is 9.59 Å². The van der Waals surface area contributed by atoms with Gasteiger partial charge in [0.15, 0.2) is 0 Å². The molecule has 1 aliphatic rings. The van der Waals surface area contributed by atoms with Gasteiger partial charge in [0.2, 0.25) is 5.91 Å². The number of carbonyl (C=O) groups excluding carboxylic acids is 2. The number of nitrogens with zero attached hydrogens (tertiary/aromatic N) is 1. The van der Waals surface area contributed by atoms with Crippen LogP contribution in [-0.2, 0) is 14.3 Å². The zero-order chi connectivity index (χ0) is 13.2. The number of rotatable bonds is 4. The molecule has 0 spiro atoms. The Morgan fingerprint density at radius 1 is 1.35 bits per heavy atom. The Morgan fingerprint density at radius 3 is 2.24 bits per heavy atom. The minimum atomic E-state index is -0.390. The first kappa shape index (κ1) is 14.0. The molecule has 0 N–H and O–H groups in total. The maximum Gasteiger partial charge on any atom is 0.310 e. The lowest BCUT2D eigenvalue weighted by Gasteiger charge is -2.31. The van der Waals surface area contributed by atoms with E-state index < -0.39 is 5.41 Å². The van der Waals surface area contributed by atoms with Crippen LogP contribution < -0.4 is 0 Å². The normalized spacial score (nSPS) is 17.5. The first-order chi connectivity index (χ1) is 7.77. The van der Waals surface area contributed by atoms with E-state index in [1.54, 1.807) is 6.92 Å². The van der Waals surface area contributed by atoms with E-state index in [-0.39, 0.29) is 17.8 Å². The molecule has 1 unspecified atom stereocenters. The van der Waals surface area contributed by atoms with E-state index in [2.05, 4.69) is 0 Å². The lowest BCUT2D eigenvalue weighted by atomic mass is 9.94. The molecule has 0 aromatic rings. The molecular formula is C13H23NO3. The zero-order valence-corrected chi connectivity index (χ0v) is 11.4. The van der Waals surface area contributed by atoms with Crippen LogP contribution in [0.3, 0.4) is 0 Å². The van der Waals surface area contributed by atoms with Crippen LogP contribution in [0.25, 0.3) is 0 Å². The standard InChI is InChI=1S/C13H23NO3/c1-9(11(15)17-5)8-14(10-6-7-10)12(16)13(2,3)4/h9-10H,6-8H2,1-5H3. The summed E-state index contributed by atoms with van der Waals surface area (Å²) in [7, 11) is 1.38. The van der Waals surface area contributed by atoms with Crippen LogP contribution in [0.1, 0.15) is 40.5 Å². The molecule has 0 aliphatic heterocycles. The third-order valence-electron chi connectivity index (χ3n) is 2.96. The Balaban J connectivity index is 2.67. The van der Waals surface area contributed by atoms with Gasteiger partial charge in [-0.3, -0.25) is 9.59 Å². The van der Waals surface area contributed by atoms with E-state index in [1.165, 1.54) is 7.11 Å². The first-order valence-electron chi connectivity index (χ1n) is 6.16. The summed E-state index contributed by atoms with van der Waals surface area (Å²) in [5, 5.41) is 0. The van der Waals surface area contributed by atoms with Gasteiger partial charge in [-0.1, -0.05) is 27.7 Å². The van der Waals surface area contributed by atoms with Gasteiger partial charge >= 0.3 is 5.97 Å². The first-order valence-corrected chi connectivity index (χ1v) is 6.16. The molecule has 0 bridgehead atoms. The van der Waals surface area contributed by atoms with Crippen LogP contribution >= 0.6 is 0 Å². The molecule has 0 aromatic heterocycles. The summed E-state index contributed by atoms with van der Waals surface area (Å²) < 4.78 is 4.70. The van der Waals surface area contributed by atoms with Gasteiger partial charge in [-0.15, -0.1) is 0 Å².